The fraction of sp³-hybridized carbons (Fsp3) is 0.611. The predicted molar refractivity (Wildman–Crippen MR) is 88.9 cm³/mol. The highest BCUT2D eigenvalue weighted by atomic mass is 16.6. The maximum atomic E-state index is 11.8. The molecule has 0 aliphatic carbocycles. The van der Waals surface area contributed by atoms with E-state index in [-0.39, 0.29) is 11.6 Å². The fourth-order valence-corrected chi connectivity index (χ4v) is 2.98. The minimum atomic E-state index is -0.454. The molecule has 122 valence electrons. The molecule has 1 amide bonds. The molecule has 1 fully saturated rings. The summed E-state index contributed by atoms with van der Waals surface area (Å²) >= 11 is 0. The molecule has 2 N–H and O–H groups in total. The van der Waals surface area contributed by atoms with Gasteiger partial charge in [0.05, 0.1) is 0 Å². The molecule has 1 aromatic carbocycles. The lowest BCUT2D eigenvalue weighted by Gasteiger charge is -2.31. The molecule has 0 saturated carbocycles. The number of aryl methyl sites for hydroxylation is 1. The van der Waals surface area contributed by atoms with Crippen molar-refractivity contribution in [3.8, 4) is 0 Å². The second-order valence-corrected chi connectivity index (χ2v) is 7.16. The number of amides is 1. The van der Waals surface area contributed by atoms with E-state index in [4.69, 9.17) is 4.74 Å². The summed E-state index contributed by atoms with van der Waals surface area (Å²) in [5.41, 5.74) is 2.10. The molecule has 1 atom stereocenters. The Hall–Kier alpha value is -1.55. The van der Waals surface area contributed by atoms with Gasteiger partial charge >= 0.3 is 6.09 Å². The van der Waals surface area contributed by atoms with Crippen molar-refractivity contribution < 1.29 is 9.53 Å². The van der Waals surface area contributed by atoms with E-state index in [0.717, 1.165) is 19.4 Å². The number of carbonyl (C=O) groups excluding carboxylic acids is 1. The van der Waals surface area contributed by atoms with Gasteiger partial charge in [0.2, 0.25) is 0 Å². The average Bonchev–Trinajstić information content (AvgIpc) is 2.87. The fourth-order valence-electron chi connectivity index (χ4n) is 2.98. The molecular formula is C18H28N2O2. The molecule has 0 spiro atoms. The Morgan fingerprint density at radius 1 is 1.32 bits per heavy atom. The second-order valence-electron chi connectivity index (χ2n) is 7.16. The molecular weight excluding hydrogens is 276 g/mol. The van der Waals surface area contributed by atoms with Gasteiger partial charge in [0, 0.05) is 12.1 Å². The van der Waals surface area contributed by atoms with E-state index < -0.39 is 5.60 Å². The maximum Gasteiger partial charge on any atom is 0.407 e. The number of alkyl carbamates (subject to hydrolysis) is 1. The highest BCUT2D eigenvalue weighted by molar-refractivity contribution is 5.67. The number of rotatable bonds is 4. The third kappa shape index (κ3) is 4.47. The quantitative estimate of drug-likeness (QED) is 0.895. The van der Waals surface area contributed by atoms with E-state index in [2.05, 4.69) is 41.8 Å². The predicted octanol–water partition coefficient (Wildman–Crippen LogP) is 3.49. The van der Waals surface area contributed by atoms with Crippen LogP contribution in [-0.4, -0.2) is 24.8 Å². The van der Waals surface area contributed by atoms with Crippen molar-refractivity contribution in [3.63, 3.8) is 0 Å². The lowest BCUT2D eigenvalue weighted by Crippen LogP contribution is -2.41. The van der Waals surface area contributed by atoms with Crippen LogP contribution in [0.2, 0.25) is 0 Å². The van der Waals surface area contributed by atoms with Crippen molar-refractivity contribution in [2.75, 3.05) is 13.1 Å². The molecule has 1 aromatic rings. The molecule has 0 bridgehead atoms. The number of benzene rings is 1. The van der Waals surface area contributed by atoms with Gasteiger partial charge in [-0.15, -0.1) is 0 Å². The van der Waals surface area contributed by atoms with Crippen LogP contribution in [0.1, 0.15) is 51.2 Å². The summed E-state index contributed by atoms with van der Waals surface area (Å²) in [5, 5.41) is 6.51. The normalized spacial score (nSPS) is 21.6. The third-order valence-corrected chi connectivity index (χ3v) is 4.07. The highest BCUT2D eigenvalue weighted by Crippen LogP contribution is 2.34. The number of hydrogen-bond acceptors (Lipinski definition) is 3. The van der Waals surface area contributed by atoms with Gasteiger partial charge in [-0.25, -0.2) is 4.79 Å². The van der Waals surface area contributed by atoms with Crippen LogP contribution in [0, 0.1) is 6.92 Å². The molecule has 4 nitrogen and oxygen atoms in total. The van der Waals surface area contributed by atoms with Gasteiger partial charge in [-0.3, -0.25) is 0 Å². The lowest BCUT2D eigenvalue weighted by atomic mass is 9.85. The van der Waals surface area contributed by atoms with Gasteiger partial charge in [-0.05, 0) is 59.1 Å². The van der Waals surface area contributed by atoms with Crippen LogP contribution in [-0.2, 0) is 10.3 Å². The number of hydrogen-bond donors (Lipinski definition) is 2. The van der Waals surface area contributed by atoms with Crippen LogP contribution in [0.4, 0.5) is 4.79 Å². The van der Waals surface area contributed by atoms with Crippen LogP contribution in [0.3, 0.4) is 0 Å². The zero-order valence-corrected chi connectivity index (χ0v) is 14.2. The molecule has 1 heterocycles. The minimum Gasteiger partial charge on any atom is -0.444 e. The first-order valence-corrected chi connectivity index (χ1v) is 8.10. The van der Waals surface area contributed by atoms with E-state index >= 15 is 0 Å². The molecule has 1 saturated heterocycles. The summed E-state index contributed by atoms with van der Waals surface area (Å²) in [4.78, 5) is 11.8. The van der Waals surface area contributed by atoms with E-state index in [1.807, 2.05) is 20.8 Å². The Morgan fingerprint density at radius 3 is 2.55 bits per heavy atom. The van der Waals surface area contributed by atoms with Crippen molar-refractivity contribution in [1.29, 1.82) is 0 Å². The number of ether oxygens (including phenoxy) is 1. The van der Waals surface area contributed by atoms with Crippen molar-refractivity contribution in [3.05, 3.63) is 35.4 Å². The molecule has 22 heavy (non-hydrogen) atoms. The number of nitrogens with one attached hydrogen (secondary N) is 2. The first kappa shape index (κ1) is 16.8. The van der Waals surface area contributed by atoms with Crippen LogP contribution in [0.15, 0.2) is 24.3 Å². The molecule has 1 aliphatic heterocycles. The first-order valence-electron chi connectivity index (χ1n) is 8.10. The van der Waals surface area contributed by atoms with Gasteiger partial charge in [0.1, 0.15) is 5.60 Å². The van der Waals surface area contributed by atoms with Gasteiger partial charge in [-0.1, -0.05) is 29.8 Å². The van der Waals surface area contributed by atoms with Crippen molar-refractivity contribution in [2.24, 2.45) is 0 Å². The maximum absolute atomic E-state index is 11.8. The van der Waals surface area contributed by atoms with Crippen LogP contribution >= 0.6 is 0 Å². The van der Waals surface area contributed by atoms with E-state index in [1.54, 1.807) is 0 Å². The van der Waals surface area contributed by atoms with Crippen molar-refractivity contribution in [1.82, 2.24) is 10.6 Å². The van der Waals surface area contributed by atoms with Crippen LogP contribution in [0.5, 0.6) is 0 Å². The van der Waals surface area contributed by atoms with Crippen LogP contribution in [0.25, 0.3) is 0 Å². The van der Waals surface area contributed by atoms with Crippen LogP contribution < -0.4 is 10.6 Å². The summed E-state index contributed by atoms with van der Waals surface area (Å²) in [6.07, 6.45) is 2.80. The summed E-state index contributed by atoms with van der Waals surface area (Å²) in [6, 6.07) is 8.69. The summed E-state index contributed by atoms with van der Waals surface area (Å²) in [7, 11) is 0. The van der Waals surface area contributed by atoms with Gasteiger partial charge in [-0.2, -0.15) is 0 Å². The highest BCUT2D eigenvalue weighted by Gasteiger charge is 2.34. The molecule has 0 aromatic heterocycles. The Kier molecular flexibility index (Phi) is 5.12. The molecule has 0 radical (unpaired) electrons. The number of carbonyl (C=O) groups is 1. The Labute approximate surface area is 133 Å². The largest absolute Gasteiger partial charge is 0.444 e. The SMILES string of the molecule is Cc1ccc(C2(CCNC(=O)OC(C)(C)C)CCCN2)cc1. The van der Waals surface area contributed by atoms with Crippen molar-refractivity contribution >= 4 is 6.09 Å². The molecule has 1 aliphatic rings. The van der Waals surface area contributed by atoms with Gasteiger partial charge in [0.25, 0.3) is 0 Å². The summed E-state index contributed by atoms with van der Waals surface area (Å²) in [6.45, 7) is 9.36. The van der Waals surface area contributed by atoms with E-state index in [0.29, 0.717) is 6.54 Å². The first-order chi connectivity index (χ1) is 10.3. The molecule has 2 rings (SSSR count). The topological polar surface area (TPSA) is 50.4 Å². The zero-order chi connectivity index (χ0) is 16.2. The molecule has 4 heteroatoms. The van der Waals surface area contributed by atoms with Gasteiger partial charge < -0.3 is 15.4 Å². The summed E-state index contributed by atoms with van der Waals surface area (Å²) < 4.78 is 5.29. The average molecular weight is 304 g/mol. The second kappa shape index (κ2) is 6.69. The van der Waals surface area contributed by atoms with Gasteiger partial charge in [0.15, 0.2) is 0 Å². The Morgan fingerprint density at radius 2 is 2.00 bits per heavy atom. The summed E-state index contributed by atoms with van der Waals surface area (Å²) in [5.74, 6) is 0. The minimum absolute atomic E-state index is 0.0251. The van der Waals surface area contributed by atoms with Crippen molar-refractivity contribution in [2.45, 2.75) is 58.1 Å². The van der Waals surface area contributed by atoms with E-state index in [1.165, 1.54) is 17.5 Å². The lowest BCUT2D eigenvalue weighted by molar-refractivity contribution is 0.0523. The smallest absolute Gasteiger partial charge is 0.407 e. The Balaban J connectivity index is 1.95. The van der Waals surface area contributed by atoms with E-state index in [9.17, 15) is 4.79 Å². The molecule has 1 unspecified atom stereocenters. The zero-order valence-electron chi connectivity index (χ0n) is 14.2. The third-order valence-electron chi connectivity index (χ3n) is 4.07. The standard InChI is InChI=1S/C18H28N2O2/c1-14-6-8-15(9-7-14)18(10-5-12-20-18)11-13-19-16(21)22-17(2,3)4/h6-9,20H,5,10-13H2,1-4H3,(H,19,21). The Bertz CT molecular complexity index is 497. The monoisotopic (exact) mass is 304 g/mol.